The number of ether oxygens (including phenoxy) is 1. The second-order valence-electron chi connectivity index (χ2n) is 11.1. The SMILES string of the molecule is COc1cc2nc(C)nc(N[C@H](C)c3cc(-c4ccccc4CN(C)C)cs3)c2cc1C1CCC(C(=O)O)CC1. The fourth-order valence-corrected chi connectivity index (χ4v) is 6.74. The summed E-state index contributed by atoms with van der Waals surface area (Å²) in [5, 5.41) is 16.3. The first-order chi connectivity index (χ1) is 19.2. The predicted octanol–water partition coefficient (Wildman–Crippen LogP) is 7.27. The van der Waals surface area contributed by atoms with Gasteiger partial charge in [0.05, 0.1) is 24.6 Å². The number of nitrogens with one attached hydrogen (secondary N) is 1. The van der Waals surface area contributed by atoms with Crippen molar-refractivity contribution in [1.29, 1.82) is 0 Å². The molecule has 7 nitrogen and oxygen atoms in total. The molecule has 4 aromatic rings. The summed E-state index contributed by atoms with van der Waals surface area (Å²) in [6, 6.07) is 15.1. The minimum Gasteiger partial charge on any atom is -0.496 e. The largest absolute Gasteiger partial charge is 0.496 e. The van der Waals surface area contributed by atoms with Gasteiger partial charge < -0.3 is 20.1 Å². The third-order valence-electron chi connectivity index (χ3n) is 7.89. The van der Waals surface area contributed by atoms with Crippen LogP contribution >= 0.6 is 11.3 Å². The van der Waals surface area contributed by atoms with E-state index in [0.29, 0.717) is 18.7 Å². The minimum atomic E-state index is -0.689. The monoisotopic (exact) mass is 558 g/mol. The molecule has 5 rings (SSSR count). The number of aliphatic carboxylic acids is 1. The van der Waals surface area contributed by atoms with E-state index in [2.05, 4.69) is 73.0 Å². The van der Waals surface area contributed by atoms with Crippen molar-refractivity contribution in [3.05, 3.63) is 69.7 Å². The van der Waals surface area contributed by atoms with Gasteiger partial charge in [0.2, 0.25) is 0 Å². The molecule has 0 aliphatic heterocycles. The molecule has 1 fully saturated rings. The molecule has 0 bridgehead atoms. The van der Waals surface area contributed by atoms with Crippen molar-refractivity contribution in [3.63, 3.8) is 0 Å². The molecule has 1 saturated carbocycles. The van der Waals surface area contributed by atoms with E-state index in [9.17, 15) is 9.90 Å². The Labute approximate surface area is 240 Å². The van der Waals surface area contributed by atoms with Gasteiger partial charge >= 0.3 is 5.97 Å². The average Bonchev–Trinajstić information content (AvgIpc) is 3.43. The predicted molar refractivity (Wildman–Crippen MR) is 162 cm³/mol. The summed E-state index contributed by atoms with van der Waals surface area (Å²) in [4.78, 5) is 24.4. The molecule has 0 radical (unpaired) electrons. The molecular formula is C32H38N4O3S. The highest BCUT2D eigenvalue weighted by Crippen LogP contribution is 2.42. The van der Waals surface area contributed by atoms with Crippen molar-refractivity contribution in [2.45, 2.75) is 58.0 Å². The highest BCUT2D eigenvalue weighted by molar-refractivity contribution is 7.10. The van der Waals surface area contributed by atoms with E-state index in [1.165, 1.54) is 21.6 Å². The lowest BCUT2D eigenvalue weighted by Crippen LogP contribution is -2.20. The van der Waals surface area contributed by atoms with Gasteiger partial charge in [-0.3, -0.25) is 4.79 Å². The van der Waals surface area contributed by atoms with Crippen molar-refractivity contribution in [2.75, 3.05) is 26.5 Å². The summed E-state index contributed by atoms with van der Waals surface area (Å²) in [7, 11) is 5.88. The van der Waals surface area contributed by atoms with Gasteiger partial charge in [-0.15, -0.1) is 11.3 Å². The van der Waals surface area contributed by atoms with Gasteiger partial charge in [-0.25, -0.2) is 9.97 Å². The summed E-state index contributed by atoms with van der Waals surface area (Å²) in [6.45, 7) is 4.97. The minimum absolute atomic E-state index is 0.0498. The maximum absolute atomic E-state index is 11.5. The van der Waals surface area contributed by atoms with E-state index in [1.54, 1.807) is 18.4 Å². The van der Waals surface area contributed by atoms with Crippen LogP contribution in [0.15, 0.2) is 47.8 Å². The number of anilines is 1. The number of carboxylic acids is 1. The fourth-order valence-electron chi connectivity index (χ4n) is 5.82. The van der Waals surface area contributed by atoms with Crippen LogP contribution in [0, 0.1) is 12.8 Å². The van der Waals surface area contributed by atoms with Crippen LogP contribution < -0.4 is 10.1 Å². The van der Waals surface area contributed by atoms with Crippen LogP contribution in [-0.4, -0.2) is 47.1 Å². The van der Waals surface area contributed by atoms with Crippen LogP contribution in [-0.2, 0) is 11.3 Å². The number of aromatic nitrogens is 2. The topological polar surface area (TPSA) is 87.6 Å². The Morgan fingerprint density at radius 1 is 1.15 bits per heavy atom. The molecule has 1 aliphatic carbocycles. The Hall–Kier alpha value is -3.49. The van der Waals surface area contributed by atoms with Crippen LogP contribution in [0.5, 0.6) is 5.75 Å². The fraction of sp³-hybridized carbons (Fsp3) is 0.406. The standard InChI is InChI=1S/C32H38N4O3S/c1-19(30-14-24(18-40-30)25-9-7-6-8-23(25)17-36(3)4)33-31-27-15-26(21-10-12-22(13-11-21)32(37)38)29(39-5)16-28(27)34-20(2)35-31/h6-9,14-16,18-19,21-22H,10-13,17H2,1-5H3,(H,37,38)(H,33,34,35)/t19-,21?,22?/m1/s1. The van der Waals surface area contributed by atoms with E-state index in [1.807, 2.05) is 13.0 Å². The lowest BCUT2D eigenvalue weighted by Gasteiger charge is -2.28. The quantitative estimate of drug-likeness (QED) is 0.223. The lowest BCUT2D eigenvalue weighted by molar-refractivity contribution is -0.142. The van der Waals surface area contributed by atoms with E-state index in [-0.39, 0.29) is 17.9 Å². The Balaban J connectivity index is 1.44. The number of benzene rings is 2. The second kappa shape index (κ2) is 11.9. The third-order valence-corrected chi connectivity index (χ3v) is 9.01. The highest BCUT2D eigenvalue weighted by atomic mass is 32.1. The number of thiophene rings is 1. The summed E-state index contributed by atoms with van der Waals surface area (Å²) in [5.74, 6) is 1.62. The maximum atomic E-state index is 11.5. The third kappa shape index (κ3) is 5.98. The zero-order valence-corrected chi connectivity index (χ0v) is 24.7. The van der Waals surface area contributed by atoms with Crippen LogP contribution in [0.1, 0.15) is 66.4 Å². The molecule has 1 atom stereocenters. The molecule has 0 unspecified atom stereocenters. The Bertz CT molecular complexity index is 1510. The van der Waals surface area contributed by atoms with Crippen molar-refractivity contribution in [2.24, 2.45) is 5.92 Å². The van der Waals surface area contributed by atoms with E-state index in [0.717, 1.165) is 47.4 Å². The number of methoxy groups -OCH3 is 1. The smallest absolute Gasteiger partial charge is 0.306 e. The molecule has 8 heteroatoms. The van der Waals surface area contributed by atoms with Gasteiger partial charge in [-0.2, -0.15) is 0 Å². The molecule has 1 aliphatic rings. The molecule has 2 aromatic carbocycles. The van der Waals surface area contributed by atoms with Crippen LogP contribution in [0.4, 0.5) is 5.82 Å². The first kappa shape index (κ1) is 28.1. The van der Waals surface area contributed by atoms with Gasteiger partial charge in [0.1, 0.15) is 17.4 Å². The number of hydrogen-bond donors (Lipinski definition) is 2. The van der Waals surface area contributed by atoms with E-state index < -0.39 is 5.97 Å². The lowest BCUT2D eigenvalue weighted by atomic mass is 9.78. The number of carbonyl (C=O) groups is 1. The molecule has 0 saturated heterocycles. The van der Waals surface area contributed by atoms with Crippen molar-refractivity contribution in [1.82, 2.24) is 14.9 Å². The number of carboxylic acid groups (broad SMARTS) is 1. The van der Waals surface area contributed by atoms with Crippen LogP contribution in [0.2, 0.25) is 0 Å². The normalized spacial score (nSPS) is 18.1. The van der Waals surface area contributed by atoms with Crippen molar-refractivity contribution in [3.8, 4) is 16.9 Å². The number of fused-ring (bicyclic) bond motifs is 1. The van der Waals surface area contributed by atoms with Crippen molar-refractivity contribution < 1.29 is 14.6 Å². The van der Waals surface area contributed by atoms with Crippen molar-refractivity contribution >= 4 is 34.0 Å². The van der Waals surface area contributed by atoms with E-state index in [4.69, 9.17) is 14.7 Å². The number of nitrogens with zero attached hydrogens (tertiary/aromatic N) is 3. The molecule has 0 amide bonds. The summed E-state index contributed by atoms with van der Waals surface area (Å²) < 4.78 is 5.79. The van der Waals surface area contributed by atoms with E-state index >= 15 is 0 Å². The molecule has 2 aromatic heterocycles. The van der Waals surface area contributed by atoms with Gasteiger partial charge in [0.25, 0.3) is 0 Å². The summed E-state index contributed by atoms with van der Waals surface area (Å²) in [6.07, 6.45) is 3.04. The van der Waals surface area contributed by atoms with Gasteiger partial charge in [-0.1, -0.05) is 24.3 Å². The number of aryl methyl sites for hydroxylation is 1. The first-order valence-electron chi connectivity index (χ1n) is 13.9. The molecule has 40 heavy (non-hydrogen) atoms. The second-order valence-corrected chi connectivity index (χ2v) is 12.1. The zero-order valence-electron chi connectivity index (χ0n) is 23.9. The first-order valence-corrected chi connectivity index (χ1v) is 14.8. The molecule has 210 valence electrons. The van der Waals surface area contributed by atoms with Crippen LogP contribution in [0.3, 0.4) is 0 Å². The highest BCUT2D eigenvalue weighted by Gasteiger charge is 2.29. The zero-order chi connectivity index (χ0) is 28.4. The van der Waals surface area contributed by atoms with Crippen LogP contribution in [0.25, 0.3) is 22.0 Å². The molecule has 2 N–H and O–H groups in total. The molecule has 2 heterocycles. The Kier molecular flexibility index (Phi) is 8.38. The summed E-state index contributed by atoms with van der Waals surface area (Å²) >= 11 is 1.76. The van der Waals surface area contributed by atoms with Gasteiger partial charge in [0, 0.05) is 22.9 Å². The Morgan fingerprint density at radius 2 is 1.90 bits per heavy atom. The number of rotatable bonds is 9. The Morgan fingerprint density at radius 3 is 2.60 bits per heavy atom. The summed E-state index contributed by atoms with van der Waals surface area (Å²) in [5.41, 5.74) is 5.76. The maximum Gasteiger partial charge on any atom is 0.306 e. The van der Waals surface area contributed by atoms with Gasteiger partial charge in [-0.05, 0) is 99.3 Å². The van der Waals surface area contributed by atoms with Gasteiger partial charge in [0.15, 0.2) is 0 Å². The number of hydrogen-bond acceptors (Lipinski definition) is 7. The average molecular weight is 559 g/mol. The molecule has 0 spiro atoms. The molecular weight excluding hydrogens is 520 g/mol.